The number of benzene rings is 1. The van der Waals surface area contributed by atoms with Crippen LogP contribution >= 0.6 is 11.6 Å². The van der Waals surface area contributed by atoms with Gasteiger partial charge in [0.2, 0.25) is 5.28 Å². The van der Waals surface area contributed by atoms with Crippen molar-refractivity contribution in [3.8, 4) is 17.2 Å². The van der Waals surface area contributed by atoms with Crippen molar-refractivity contribution in [3.63, 3.8) is 0 Å². The van der Waals surface area contributed by atoms with Gasteiger partial charge in [0.15, 0.2) is 0 Å². The number of nitrogens with zero attached hydrogens (tertiary/aromatic N) is 4. The van der Waals surface area contributed by atoms with Crippen LogP contribution in [0.1, 0.15) is 0 Å². The number of aromatic nitrogens is 4. The molecule has 4 nitrogen and oxygen atoms in total. The monoisotopic (exact) mass is 274 g/mol. The predicted octanol–water partition coefficient (Wildman–Crippen LogP) is 3.12. The van der Waals surface area contributed by atoms with Crippen LogP contribution in [0, 0.1) is 5.82 Å². The molecule has 3 aromatic rings. The summed E-state index contributed by atoms with van der Waals surface area (Å²) < 4.78 is 14.7. The normalized spacial score (nSPS) is 10.6. The first-order valence-electron chi connectivity index (χ1n) is 5.52. The van der Waals surface area contributed by atoms with Gasteiger partial charge in [-0.15, -0.1) is 0 Å². The van der Waals surface area contributed by atoms with Gasteiger partial charge in [0, 0.05) is 24.2 Å². The van der Waals surface area contributed by atoms with E-state index in [1.165, 1.54) is 12.1 Å². The molecule has 0 aliphatic rings. The molecule has 2 heterocycles. The zero-order valence-corrected chi connectivity index (χ0v) is 10.4. The number of imidazole rings is 1. The van der Waals surface area contributed by atoms with Crippen LogP contribution in [0.15, 0.2) is 48.9 Å². The topological polar surface area (TPSA) is 43.6 Å². The van der Waals surface area contributed by atoms with Gasteiger partial charge < -0.3 is 0 Å². The fraction of sp³-hybridized carbons (Fsp3) is 0. The van der Waals surface area contributed by atoms with Crippen LogP contribution in [0.25, 0.3) is 17.2 Å². The molecule has 0 fully saturated rings. The quantitative estimate of drug-likeness (QED) is 0.675. The van der Waals surface area contributed by atoms with Crippen LogP contribution in [0.4, 0.5) is 4.39 Å². The van der Waals surface area contributed by atoms with Crippen molar-refractivity contribution >= 4 is 11.6 Å². The third-order valence-corrected chi connectivity index (χ3v) is 2.78. The molecular formula is C13H8ClFN4. The van der Waals surface area contributed by atoms with Crippen LogP contribution in [-0.4, -0.2) is 19.5 Å². The summed E-state index contributed by atoms with van der Waals surface area (Å²) in [5.74, 6) is 0.985. The summed E-state index contributed by atoms with van der Waals surface area (Å²) in [6.07, 6.45) is 4.98. The highest BCUT2D eigenvalue weighted by Crippen LogP contribution is 2.21. The Hall–Kier alpha value is -2.27. The lowest BCUT2D eigenvalue weighted by atomic mass is 10.2. The Kier molecular flexibility index (Phi) is 2.97. The predicted molar refractivity (Wildman–Crippen MR) is 69.6 cm³/mol. The second kappa shape index (κ2) is 4.78. The minimum absolute atomic E-state index is 0.163. The molecule has 0 amide bonds. The fourth-order valence-electron chi connectivity index (χ4n) is 1.76. The molecule has 0 radical (unpaired) electrons. The molecule has 0 spiro atoms. The molecule has 2 aromatic heterocycles. The van der Waals surface area contributed by atoms with Crippen molar-refractivity contribution < 1.29 is 4.39 Å². The molecule has 19 heavy (non-hydrogen) atoms. The maximum absolute atomic E-state index is 12.9. The standard InChI is InChI=1S/C13H8ClFN4/c14-13-17-6-5-11(18-13)19-8-7-16-12(19)9-1-3-10(15)4-2-9/h1-8H. The van der Waals surface area contributed by atoms with E-state index in [0.717, 1.165) is 5.56 Å². The second-order valence-corrected chi connectivity index (χ2v) is 4.15. The third-order valence-electron chi connectivity index (χ3n) is 2.60. The van der Waals surface area contributed by atoms with Gasteiger partial charge in [-0.2, -0.15) is 4.98 Å². The number of hydrogen-bond donors (Lipinski definition) is 0. The molecule has 0 aliphatic carbocycles. The van der Waals surface area contributed by atoms with Gasteiger partial charge in [0.05, 0.1) is 0 Å². The molecule has 6 heteroatoms. The van der Waals surface area contributed by atoms with Crippen molar-refractivity contribution in [3.05, 3.63) is 60.0 Å². The zero-order valence-electron chi connectivity index (χ0n) is 9.66. The molecule has 3 rings (SSSR count). The van der Waals surface area contributed by atoms with E-state index in [1.54, 1.807) is 41.4 Å². The van der Waals surface area contributed by atoms with Gasteiger partial charge in [0.1, 0.15) is 17.5 Å². The summed E-state index contributed by atoms with van der Waals surface area (Å²) in [5, 5.41) is 0.163. The Bertz CT molecular complexity index is 709. The largest absolute Gasteiger partial charge is 0.284 e. The van der Waals surface area contributed by atoms with Crippen molar-refractivity contribution in [2.24, 2.45) is 0 Å². The van der Waals surface area contributed by atoms with Crippen LogP contribution in [-0.2, 0) is 0 Å². The van der Waals surface area contributed by atoms with Gasteiger partial charge in [-0.05, 0) is 41.9 Å². The molecule has 0 saturated heterocycles. The SMILES string of the molecule is Fc1ccc(-c2nccn2-c2ccnc(Cl)n2)cc1. The lowest BCUT2D eigenvalue weighted by Crippen LogP contribution is -2.00. The summed E-state index contributed by atoms with van der Waals surface area (Å²) in [7, 11) is 0. The lowest BCUT2D eigenvalue weighted by molar-refractivity contribution is 0.628. The van der Waals surface area contributed by atoms with Gasteiger partial charge in [-0.3, -0.25) is 4.57 Å². The van der Waals surface area contributed by atoms with Crippen LogP contribution in [0.2, 0.25) is 5.28 Å². The van der Waals surface area contributed by atoms with Gasteiger partial charge in [-0.25, -0.2) is 14.4 Å². The Morgan fingerprint density at radius 3 is 2.53 bits per heavy atom. The molecule has 1 aromatic carbocycles. The third kappa shape index (κ3) is 2.32. The molecule has 0 atom stereocenters. The number of rotatable bonds is 2. The van der Waals surface area contributed by atoms with E-state index in [9.17, 15) is 4.39 Å². The Labute approximate surface area is 113 Å². The van der Waals surface area contributed by atoms with E-state index in [-0.39, 0.29) is 11.1 Å². The Morgan fingerprint density at radius 2 is 1.79 bits per heavy atom. The van der Waals surface area contributed by atoms with Gasteiger partial charge in [-0.1, -0.05) is 0 Å². The van der Waals surface area contributed by atoms with Crippen molar-refractivity contribution in [1.29, 1.82) is 0 Å². The molecule has 94 valence electrons. The summed E-state index contributed by atoms with van der Waals surface area (Å²) in [5.41, 5.74) is 0.793. The first-order valence-corrected chi connectivity index (χ1v) is 5.90. The van der Waals surface area contributed by atoms with Crippen molar-refractivity contribution in [2.75, 3.05) is 0 Å². The number of hydrogen-bond acceptors (Lipinski definition) is 3. The second-order valence-electron chi connectivity index (χ2n) is 3.81. The van der Waals surface area contributed by atoms with E-state index in [1.807, 2.05) is 0 Å². The first-order chi connectivity index (χ1) is 9.24. The van der Waals surface area contributed by atoms with Gasteiger partial charge >= 0.3 is 0 Å². The van der Waals surface area contributed by atoms with E-state index in [2.05, 4.69) is 15.0 Å². The average molecular weight is 275 g/mol. The number of halogens is 2. The molecular weight excluding hydrogens is 267 g/mol. The van der Waals surface area contributed by atoms with Crippen molar-refractivity contribution in [1.82, 2.24) is 19.5 Å². The molecule has 0 N–H and O–H groups in total. The fourth-order valence-corrected chi connectivity index (χ4v) is 1.90. The van der Waals surface area contributed by atoms with E-state index in [0.29, 0.717) is 11.6 Å². The highest BCUT2D eigenvalue weighted by Gasteiger charge is 2.09. The molecule has 0 saturated carbocycles. The summed E-state index contributed by atoms with van der Waals surface area (Å²) in [6.45, 7) is 0. The molecule has 0 unspecified atom stereocenters. The Morgan fingerprint density at radius 1 is 1.00 bits per heavy atom. The smallest absolute Gasteiger partial charge is 0.224 e. The Balaban J connectivity index is 2.10. The van der Waals surface area contributed by atoms with Crippen molar-refractivity contribution in [2.45, 2.75) is 0 Å². The minimum Gasteiger partial charge on any atom is -0.284 e. The minimum atomic E-state index is -0.285. The van der Waals surface area contributed by atoms with Crippen LogP contribution < -0.4 is 0 Å². The molecule has 0 aliphatic heterocycles. The van der Waals surface area contributed by atoms with E-state index < -0.39 is 0 Å². The highest BCUT2D eigenvalue weighted by atomic mass is 35.5. The highest BCUT2D eigenvalue weighted by molar-refractivity contribution is 6.28. The summed E-state index contributed by atoms with van der Waals surface area (Å²) in [4.78, 5) is 12.2. The summed E-state index contributed by atoms with van der Waals surface area (Å²) >= 11 is 5.78. The molecule has 0 bridgehead atoms. The first kappa shape index (κ1) is 11.8. The summed E-state index contributed by atoms with van der Waals surface area (Å²) in [6, 6.07) is 7.83. The average Bonchev–Trinajstić information content (AvgIpc) is 2.89. The van der Waals surface area contributed by atoms with Crippen LogP contribution in [0.3, 0.4) is 0 Å². The maximum Gasteiger partial charge on any atom is 0.224 e. The maximum atomic E-state index is 12.9. The van der Waals surface area contributed by atoms with Gasteiger partial charge in [0.25, 0.3) is 0 Å². The lowest BCUT2D eigenvalue weighted by Gasteiger charge is -2.06. The zero-order chi connectivity index (χ0) is 13.2. The van der Waals surface area contributed by atoms with Crippen LogP contribution in [0.5, 0.6) is 0 Å². The van der Waals surface area contributed by atoms with E-state index >= 15 is 0 Å². The van der Waals surface area contributed by atoms with E-state index in [4.69, 9.17) is 11.6 Å².